The summed E-state index contributed by atoms with van der Waals surface area (Å²) in [7, 11) is 0. The highest BCUT2D eigenvalue weighted by Crippen LogP contribution is 2.07. The minimum absolute atomic E-state index is 0.933. The predicted molar refractivity (Wildman–Crippen MR) is 41.8 cm³/mol. The Morgan fingerprint density at radius 3 is 2.90 bits per heavy atom. The number of nitrogens with one attached hydrogen (secondary N) is 1. The third-order valence-corrected chi connectivity index (χ3v) is 1.43. The Kier molecular flexibility index (Phi) is 1.90. The van der Waals surface area contributed by atoms with Crippen LogP contribution in [-0.2, 0) is 6.42 Å². The van der Waals surface area contributed by atoms with Gasteiger partial charge in [0.15, 0.2) is 0 Å². The van der Waals surface area contributed by atoms with Gasteiger partial charge in [-0.3, -0.25) is 5.10 Å². The molecule has 0 saturated carbocycles. The molecule has 10 heavy (non-hydrogen) atoms. The summed E-state index contributed by atoms with van der Waals surface area (Å²) in [5.41, 5.74) is 3.56. The van der Waals surface area contributed by atoms with Crippen LogP contribution >= 0.6 is 0 Å². The lowest BCUT2D eigenvalue weighted by molar-refractivity contribution is 1.04. The second-order valence-electron chi connectivity index (χ2n) is 2.65. The van der Waals surface area contributed by atoms with Crippen molar-refractivity contribution in [1.29, 1.82) is 0 Å². The summed E-state index contributed by atoms with van der Waals surface area (Å²) in [6.45, 7) is 7.87. The molecule has 1 N–H and O–H groups in total. The zero-order valence-electron chi connectivity index (χ0n) is 6.44. The Morgan fingerprint density at radius 1 is 1.80 bits per heavy atom. The first-order chi connectivity index (χ1) is 4.70. The molecule has 0 aliphatic carbocycles. The van der Waals surface area contributed by atoms with Crippen molar-refractivity contribution in [1.82, 2.24) is 10.2 Å². The van der Waals surface area contributed by atoms with Gasteiger partial charge in [-0.25, -0.2) is 0 Å². The van der Waals surface area contributed by atoms with Crippen molar-refractivity contribution in [3.05, 3.63) is 29.6 Å². The molecule has 1 rings (SSSR count). The number of allylic oxidation sites excluding steroid dienone is 1. The third-order valence-electron chi connectivity index (χ3n) is 1.43. The maximum atomic E-state index is 3.91. The molecule has 1 aromatic heterocycles. The van der Waals surface area contributed by atoms with E-state index in [4.69, 9.17) is 0 Å². The summed E-state index contributed by atoms with van der Waals surface area (Å²) in [5, 5.41) is 6.79. The molecular weight excluding hydrogens is 124 g/mol. The van der Waals surface area contributed by atoms with E-state index in [1.54, 1.807) is 0 Å². The van der Waals surface area contributed by atoms with Gasteiger partial charge >= 0.3 is 0 Å². The molecule has 2 heteroatoms. The molecule has 0 spiro atoms. The van der Waals surface area contributed by atoms with E-state index in [1.165, 1.54) is 11.1 Å². The smallest absolute Gasteiger partial charge is 0.0525 e. The molecule has 1 aromatic rings. The van der Waals surface area contributed by atoms with Crippen LogP contribution in [0.2, 0.25) is 0 Å². The molecule has 1 heterocycles. The first kappa shape index (κ1) is 7.06. The molecule has 0 fully saturated rings. The van der Waals surface area contributed by atoms with Gasteiger partial charge in [0.1, 0.15) is 0 Å². The summed E-state index contributed by atoms with van der Waals surface area (Å²) in [6, 6.07) is 0. The largest absolute Gasteiger partial charge is 0.283 e. The van der Waals surface area contributed by atoms with Crippen LogP contribution in [0, 0.1) is 6.92 Å². The van der Waals surface area contributed by atoms with E-state index in [-0.39, 0.29) is 0 Å². The zero-order valence-corrected chi connectivity index (χ0v) is 6.44. The zero-order chi connectivity index (χ0) is 7.56. The van der Waals surface area contributed by atoms with Gasteiger partial charge in [0, 0.05) is 5.69 Å². The minimum Gasteiger partial charge on any atom is -0.283 e. The summed E-state index contributed by atoms with van der Waals surface area (Å²) < 4.78 is 0. The van der Waals surface area contributed by atoms with Crippen molar-refractivity contribution in [2.75, 3.05) is 0 Å². The topological polar surface area (TPSA) is 28.7 Å². The number of aromatic amines is 1. The van der Waals surface area contributed by atoms with Gasteiger partial charge in [-0.05, 0) is 25.8 Å². The molecule has 0 unspecified atom stereocenters. The molecule has 0 aliphatic rings. The fourth-order valence-corrected chi connectivity index (χ4v) is 0.879. The summed E-state index contributed by atoms with van der Waals surface area (Å²) >= 11 is 0. The van der Waals surface area contributed by atoms with E-state index in [2.05, 4.69) is 16.8 Å². The van der Waals surface area contributed by atoms with Crippen molar-refractivity contribution < 1.29 is 0 Å². The first-order valence-electron chi connectivity index (χ1n) is 3.33. The van der Waals surface area contributed by atoms with E-state index in [9.17, 15) is 0 Å². The first-order valence-corrected chi connectivity index (χ1v) is 3.33. The Labute approximate surface area is 61.0 Å². The van der Waals surface area contributed by atoms with Gasteiger partial charge in [-0.2, -0.15) is 5.10 Å². The molecule has 0 aromatic carbocycles. The minimum atomic E-state index is 0.933. The van der Waals surface area contributed by atoms with Crippen LogP contribution in [0.5, 0.6) is 0 Å². The van der Waals surface area contributed by atoms with Gasteiger partial charge in [0.05, 0.1) is 6.20 Å². The molecule has 54 valence electrons. The fourth-order valence-electron chi connectivity index (χ4n) is 0.879. The highest BCUT2D eigenvalue weighted by Gasteiger charge is 1.98. The standard InChI is InChI=1S/C8H12N2/c1-6(2)4-8-5-9-10-7(8)3/h5H,1,4H2,2-3H3,(H,9,10). The lowest BCUT2D eigenvalue weighted by atomic mass is 10.1. The molecule has 0 saturated heterocycles. The van der Waals surface area contributed by atoms with Crippen molar-refractivity contribution in [3.8, 4) is 0 Å². The Bertz CT molecular complexity index is 235. The van der Waals surface area contributed by atoms with Crippen LogP contribution in [0.3, 0.4) is 0 Å². The second kappa shape index (κ2) is 2.69. The highest BCUT2D eigenvalue weighted by atomic mass is 15.1. The van der Waals surface area contributed by atoms with Crippen molar-refractivity contribution in [3.63, 3.8) is 0 Å². The van der Waals surface area contributed by atoms with Gasteiger partial charge < -0.3 is 0 Å². The molecule has 0 radical (unpaired) electrons. The Morgan fingerprint density at radius 2 is 2.50 bits per heavy atom. The Balaban J connectivity index is 2.74. The lowest BCUT2D eigenvalue weighted by Gasteiger charge is -1.95. The molecule has 0 bridgehead atoms. The van der Waals surface area contributed by atoms with Gasteiger partial charge in [-0.1, -0.05) is 12.2 Å². The SMILES string of the molecule is C=C(C)Cc1cn[nH]c1C. The number of H-pyrrole nitrogens is 1. The van der Waals surface area contributed by atoms with Crippen molar-refractivity contribution in [2.24, 2.45) is 0 Å². The van der Waals surface area contributed by atoms with Crippen LogP contribution in [-0.4, -0.2) is 10.2 Å². The molecule has 2 nitrogen and oxygen atoms in total. The number of hydrogen-bond donors (Lipinski definition) is 1. The van der Waals surface area contributed by atoms with E-state index in [0.29, 0.717) is 0 Å². The number of nitrogens with zero attached hydrogens (tertiary/aromatic N) is 1. The summed E-state index contributed by atoms with van der Waals surface area (Å²) in [5.74, 6) is 0. The summed E-state index contributed by atoms with van der Waals surface area (Å²) in [6.07, 6.45) is 2.78. The van der Waals surface area contributed by atoms with E-state index in [1.807, 2.05) is 20.0 Å². The van der Waals surface area contributed by atoms with Crippen LogP contribution in [0.15, 0.2) is 18.3 Å². The number of aryl methyl sites for hydroxylation is 1. The van der Waals surface area contributed by atoms with Gasteiger partial charge in [-0.15, -0.1) is 0 Å². The molecular formula is C8H12N2. The van der Waals surface area contributed by atoms with Crippen LogP contribution in [0.1, 0.15) is 18.2 Å². The second-order valence-corrected chi connectivity index (χ2v) is 2.65. The average Bonchev–Trinajstić information content (AvgIpc) is 2.15. The molecule has 0 aliphatic heterocycles. The van der Waals surface area contributed by atoms with Crippen LogP contribution < -0.4 is 0 Å². The predicted octanol–water partition coefficient (Wildman–Crippen LogP) is 1.84. The maximum Gasteiger partial charge on any atom is 0.0525 e. The highest BCUT2D eigenvalue weighted by molar-refractivity contribution is 5.19. The number of rotatable bonds is 2. The third kappa shape index (κ3) is 1.47. The lowest BCUT2D eigenvalue weighted by Crippen LogP contribution is -1.85. The number of hydrogen-bond acceptors (Lipinski definition) is 1. The quantitative estimate of drug-likeness (QED) is 0.617. The monoisotopic (exact) mass is 136 g/mol. The van der Waals surface area contributed by atoms with Crippen molar-refractivity contribution in [2.45, 2.75) is 20.3 Å². The van der Waals surface area contributed by atoms with E-state index < -0.39 is 0 Å². The average molecular weight is 136 g/mol. The van der Waals surface area contributed by atoms with Gasteiger partial charge in [0.2, 0.25) is 0 Å². The number of aromatic nitrogens is 2. The Hall–Kier alpha value is -1.05. The maximum absolute atomic E-state index is 3.91. The molecule has 0 atom stereocenters. The van der Waals surface area contributed by atoms with E-state index in [0.717, 1.165) is 12.1 Å². The van der Waals surface area contributed by atoms with E-state index >= 15 is 0 Å². The van der Waals surface area contributed by atoms with Gasteiger partial charge in [0.25, 0.3) is 0 Å². The fraction of sp³-hybridized carbons (Fsp3) is 0.375. The normalized spacial score (nSPS) is 9.80. The molecule has 0 amide bonds. The van der Waals surface area contributed by atoms with Crippen LogP contribution in [0.4, 0.5) is 0 Å². The van der Waals surface area contributed by atoms with Crippen molar-refractivity contribution >= 4 is 0 Å². The summed E-state index contributed by atoms with van der Waals surface area (Å²) in [4.78, 5) is 0. The van der Waals surface area contributed by atoms with Crippen LogP contribution in [0.25, 0.3) is 0 Å².